The molecule has 768 valence electrons. The van der Waals surface area contributed by atoms with Crippen LogP contribution in [-0.2, 0) is 56.8 Å². The highest BCUT2D eigenvalue weighted by atomic mass is 32.1. The summed E-state index contributed by atoms with van der Waals surface area (Å²) in [5.41, 5.74) is 7.99. The van der Waals surface area contributed by atoms with Crippen molar-refractivity contribution in [3.8, 4) is 23.0 Å². The zero-order valence-electron chi connectivity index (χ0n) is 88.9. The van der Waals surface area contributed by atoms with Gasteiger partial charge in [-0.15, -0.1) is 45.3 Å². The fourth-order valence-corrected chi connectivity index (χ4v) is 22.1. The molecule has 4 aromatic carbocycles. The lowest BCUT2D eigenvalue weighted by molar-refractivity contribution is -0.141. The predicted octanol–water partition coefficient (Wildman–Crippen LogP) is 22.7. The minimum absolute atomic E-state index is 0.0375. The number of amides is 4. The molecule has 0 aliphatic heterocycles. The van der Waals surface area contributed by atoms with Gasteiger partial charge in [0.15, 0.2) is 5.78 Å². The highest BCUT2D eigenvalue weighted by Crippen LogP contribution is 2.50. The van der Waals surface area contributed by atoms with Gasteiger partial charge in [0, 0.05) is 67.7 Å². The number of carbonyl (C=O) groups excluding carboxylic acids is 6. The number of benzene rings is 4. The number of aliphatic carboxylic acids is 3. The van der Waals surface area contributed by atoms with Gasteiger partial charge in [-0.05, 0) is 245 Å². The lowest BCUT2D eigenvalue weighted by Gasteiger charge is -2.37. The number of hydrogen-bond donors (Lipinski definition) is 7. The van der Waals surface area contributed by atoms with Gasteiger partial charge in [0.1, 0.15) is 80.7 Å². The number of rotatable bonds is 42. The molecule has 0 saturated carbocycles. The van der Waals surface area contributed by atoms with E-state index in [1.54, 1.807) is 13.1 Å². The Hall–Kier alpha value is -9.81. The molecule has 0 aliphatic rings. The molecule has 4 aromatic heterocycles. The van der Waals surface area contributed by atoms with E-state index in [1.165, 1.54) is 99.3 Å². The molecule has 7 N–H and O–H groups in total. The number of carbonyl (C=O) groups is 9. The molecule has 0 fully saturated rings. The van der Waals surface area contributed by atoms with Crippen LogP contribution >= 0.6 is 45.3 Å². The lowest BCUT2D eigenvalue weighted by atomic mass is 9.74. The van der Waals surface area contributed by atoms with E-state index < -0.39 is 53.1 Å². The van der Waals surface area contributed by atoms with Gasteiger partial charge in [-0.3, -0.25) is 43.2 Å². The number of carboxylic acid groups (broad SMARTS) is 3. The molecule has 8 aromatic rings. The van der Waals surface area contributed by atoms with Crippen molar-refractivity contribution in [1.29, 1.82) is 0 Å². The van der Waals surface area contributed by atoms with Crippen molar-refractivity contribution in [2.45, 2.75) is 311 Å². The number of Topliss-reactive ketones (excluding diaryl/α,β-unsaturated/α-hetero) is 1. The minimum Gasteiger partial charge on any atom is -0.491 e. The predicted molar refractivity (Wildman–Crippen MR) is 561 cm³/mol. The van der Waals surface area contributed by atoms with Crippen molar-refractivity contribution in [2.24, 2.45) is 21.7 Å². The normalized spacial score (nSPS) is 13.1. The maximum atomic E-state index is 13.1. The molecule has 8 rings (SSSR count). The third kappa shape index (κ3) is 30.2. The summed E-state index contributed by atoms with van der Waals surface area (Å²) in [5.74, 6) is -1.63. The summed E-state index contributed by atoms with van der Waals surface area (Å²) >= 11 is 5.81. The summed E-state index contributed by atoms with van der Waals surface area (Å²) in [7, 11) is 5.95. The molecule has 0 aliphatic carbocycles. The first-order chi connectivity index (χ1) is 64.5. The molecule has 4 atom stereocenters. The van der Waals surface area contributed by atoms with Crippen molar-refractivity contribution < 1.29 is 97.5 Å². The summed E-state index contributed by atoms with van der Waals surface area (Å²) in [6.07, 6.45) is 7.51. The number of methoxy groups -OCH3 is 1. The van der Waals surface area contributed by atoms with Crippen molar-refractivity contribution in [1.82, 2.24) is 20.0 Å². The van der Waals surface area contributed by atoms with Crippen LogP contribution in [0.25, 0.3) is 0 Å². The zero-order valence-corrected chi connectivity index (χ0v) is 92.2. The second-order valence-electron chi connectivity index (χ2n) is 41.2. The Morgan fingerprint density at radius 2 is 0.741 bits per heavy atom. The first kappa shape index (κ1) is 120. The van der Waals surface area contributed by atoms with Crippen LogP contribution in [0.5, 0.6) is 23.0 Å². The van der Waals surface area contributed by atoms with Crippen LogP contribution in [-0.4, -0.2) is 197 Å². The third-order valence-electron chi connectivity index (χ3n) is 27.4. The summed E-state index contributed by atoms with van der Waals surface area (Å²) < 4.78 is 28.6. The van der Waals surface area contributed by atoms with E-state index in [4.69, 9.17) is 39.0 Å². The summed E-state index contributed by atoms with van der Waals surface area (Å²) in [5, 5.41) is 61.3. The number of aliphatic hydroxyl groups is 3. The average Bonchev–Trinajstić information content (AvgIpc) is 1.66. The number of esters is 1. The number of ether oxygens (including phenoxy) is 5. The first-order valence-corrected chi connectivity index (χ1v) is 51.6. The maximum Gasteiger partial charge on any atom is 0.325 e. The number of nitrogens with zero attached hydrogens (tertiary/aromatic N) is 3. The number of nitrogens with one attached hydrogen (secondary N) is 1. The first-order valence-electron chi connectivity index (χ1n) is 48.4. The Morgan fingerprint density at radius 1 is 0.410 bits per heavy atom. The van der Waals surface area contributed by atoms with E-state index in [9.17, 15) is 58.5 Å². The van der Waals surface area contributed by atoms with Crippen LogP contribution in [0.3, 0.4) is 0 Å². The number of thiophene rings is 4. The molecule has 3 unspecified atom stereocenters. The molecule has 0 saturated heterocycles. The Kier molecular flexibility index (Phi) is 43.7. The molecule has 4 heterocycles. The lowest BCUT2D eigenvalue weighted by Crippen LogP contribution is -2.45. The summed E-state index contributed by atoms with van der Waals surface area (Å²) in [4.78, 5) is 119. The van der Waals surface area contributed by atoms with Gasteiger partial charge in [0.2, 0.25) is 0 Å². The van der Waals surface area contributed by atoms with Crippen LogP contribution in [0.15, 0.2) is 103 Å². The number of aliphatic hydroxyl groups excluding tert-OH is 2. The van der Waals surface area contributed by atoms with Crippen LogP contribution in [0, 0.1) is 63.2 Å². The van der Waals surface area contributed by atoms with Crippen molar-refractivity contribution in [2.75, 3.05) is 74.3 Å². The van der Waals surface area contributed by atoms with E-state index in [1.807, 2.05) is 168 Å². The Morgan fingerprint density at radius 3 is 1.04 bits per heavy atom. The highest BCUT2D eigenvalue weighted by Gasteiger charge is 2.42. The second-order valence-corrected chi connectivity index (χ2v) is 45.5. The van der Waals surface area contributed by atoms with E-state index in [0.717, 1.165) is 151 Å². The van der Waals surface area contributed by atoms with Crippen LogP contribution < -0.4 is 24.3 Å². The Labute approximate surface area is 843 Å². The van der Waals surface area contributed by atoms with Crippen LogP contribution in [0.2, 0.25) is 0 Å². The molecular formula is C111H160N4O20S4. The molecule has 0 spiro atoms. The number of aryl methyl sites for hydroxylation is 7. The molecule has 28 heteroatoms. The third-order valence-corrected chi connectivity index (χ3v) is 33.0. The number of hydrogen-bond acceptors (Lipinski definition) is 21. The molecule has 0 radical (unpaired) electrons. The maximum absolute atomic E-state index is 13.1. The van der Waals surface area contributed by atoms with Crippen LogP contribution in [0.4, 0.5) is 0 Å². The fourth-order valence-electron chi connectivity index (χ4n) is 16.3. The van der Waals surface area contributed by atoms with Gasteiger partial charge in [-0.25, -0.2) is 0 Å². The monoisotopic (exact) mass is 2000 g/mol. The Bertz CT molecular complexity index is 5490. The van der Waals surface area contributed by atoms with Crippen LogP contribution in [0.1, 0.15) is 336 Å². The van der Waals surface area contributed by atoms with Gasteiger partial charge in [-0.1, -0.05) is 200 Å². The van der Waals surface area contributed by atoms with Crippen molar-refractivity contribution in [3.63, 3.8) is 0 Å². The van der Waals surface area contributed by atoms with Gasteiger partial charge in [0.25, 0.3) is 23.6 Å². The van der Waals surface area contributed by atoms with E-state index >= 15 is 0 Å². The average molecular weight is 2000 g/mol. The smallest absolute Gasteiger partial charge is 0.325 e. The molecule has 24 nitrogen and oxygen atoms in total. The quantitative estimate of drug-likeness (QED) is 0.0175. The SMILES string of the molecule is CCC(CC)(c1ccc(OCC(=O)C(C)(C)C)c(C)c1)c1cc(C)c(C(=O)N(C)CC(=O)O)s1.CCC(CC)(c1ccc(OCC(O)C(C)(C)C)c(C)c1)c1cc(C)c(C(=O)N(C)CC(=O)O)s1.CCC(CC)(c1ccc(OCC(O)C(C)(C)C)c(C)c1)c1cc(C)c(C(=O)N(C)CC(=O)OC)s1.CCCc1cc(C(CC)(CC)c2ccc(C(=O)N[C@@H](C)C(=O)O)s2)ccc1OCC(C)(O)C(C)(C)C. The second kappa shape index (κ2) is 50.7. The number of likely N-dealkylation sites (N-methyl/N-ethyl adjacent to an activating group) is 3. The number of ketones is 1. The molecular weight excluding hydrogens is 1840 g/mol. The summed E-state index contributed by atoms with van der Waals surface area (Å²) in [6.45, 7) is 57.9. The summed E-state index contributed by atoms with van der Waals surface area (Å²) in [6, 6.07) is 33.9. The largest absolute Gasteiger partial charge is 0.491 e. The number of carboxylic acids is 3. The van der Waals surface area contributed by atoms with Crippen molar-refractivity contribution in [3.05, 3.63) is 203 Å². The topological polar surface area (TPSA) is 343 Å². The van der Waals surface area contributed by atoms with Gasteiger partial charge < -0.3 is 74.3 Å². The van der Waals surface area contributed by atoms with Gasteiger partial charge >= 0.3 is 23.9 Å². The fraction of sp³-hybridized carbons (Fsp3) is 0.559. The molecule has 0 bridgehead atoms. The van der Waals surface area contributed by atoms with Gasteiger partial charge in [0.05, 0.1) is 38.8 Å². The molecule has 139 heavy (non-hydrogen) atoms. The van der Waals surface area contributed by atoms with Gasteiger partial charge in [-0.2, -0.15) is 0 Å². The minimum atomic E-state index is -1.06. The Balaban J connectivity index is 0.000000327. The van der Waals surface area contributed by atoms with E-state index in [0.29, 0.717) is 25.3 Å². The van der Waals surface area contributed by atoms with Crippen molar-refractivity contribution >= 4 is 98.6 Å². The zero-order chi connectivity index (χ0) is 106. The van der Waals surface area contributed by atoms with E-state index in [2.05, 4.69) is 128 Å². The molecule has 4 amide bonds. The standard InChI is InChI=1S/C29H43NO5S.C28H41NO5S.C27H39NO5S.C27H37NO5S/c1-9-12-20-17-21(13-14-22(20)35-18-28(8,34)27(5,6)7)29(10-2,11-3)24-16-15-23(36-24)25(31)30-19(4)26(32)33;1-10-28(11-2,20-12-13-21(18(3)14-20)34-17-22(30)27(5,6)7)23-15-19(4)25(35-23)26(32)29(8)16-24(31)33-9;2*1-9-27(10-2,22-14-18(4)24(34-22)25(32)28(8)15-23(30)31)19-11-12-20(17(3)13-19)33-16-21(29)26(5,6)7/h13-17,19,34H,9-12,18H2,1-8H3,(H,30,31)(H,32,33);12-15,22,30H,10-11,16-17H2,1-9H3;11-14,21,29H,9-10,15-16H2,1-8H3,(H,30,31);11-14H,9-10,15-16H2,1-8H3,(H,30,31)/t19-,28?;;;/m0.../s1. The van der Waals surface area contributed by atoms with E-state index in [-0.39, 0.29) is 113 Å². The highest BCUT2D eigenvalue weighted by molar-refractivity contribution is 7.15.